The molecular weight excluding hydrogens is 157 g/mol. The number of aromatic nitrogens is 1. The molecule has 0 bridgehead atoms. The third-order valence-corrected chi connectivity index (χ3v) is 2.05. The SMILES string of the molecule is Cc1cc2c([nH]c1=O)C(F)=CC2. The van der Waals surface area contributed by atoms with Gasteiger partial charge in [-0.25, -0.2) is 4.39 Å². The predicted molar refractivity (Wildman–Crippen MR) is 44.6 cm³/mol. The van der Waals surface area contributed by atoms with Crippen LogP contribution in [0.2, 0.25) is 0 Å². The summed E-state index contributed by atoms with van der Waals surface area (Å²) < 4.78 is 12.9. The van der Waals surface area contributed by atoms with Crippen molar-refractivity contribution in [2.45, 2.75) is 13.3 Å². The average molecular weight is 165 g/mol. The lowest BCUT2D eigenvalue weighted by Gasteiger charge is -1.99. The number of hydrogen-bond acceptors (Lipinski definition) is 1. The lowest BCUT2D eigenvalue weighted by Crippen LogP contribution is -2.11. The third kappa shape index (κ3) is 0.897. The second-order valence-corrected chi connectivity index (χ2v) is 2.94. The highest BCUT2D eigenvalue weighted by Crippen LogP contribution is 2.25. The van der Waals surface area contributed by atoms with Gasteiger partial charge in [0.2, 0.25) is 0 Å². The van der Waals surface area contributed by atoms with Gasteiger partial charge in [0.15, 0.2) is 0 Å². The van der Waals surface area contributed by atoms with E-state index in [-0.39, 0.29) is 11.4 Å². The molecular formula is C9H8FNO. The molecule has 12 heavy (non-hydrogen) atoms. The van der Waals surface area contributed by atoms with E-state index in [1.54, 1.807) is 13.0 Å². The number of fused-ring (bicyclic) bond motifs is 1. The van der Waals surface area contributed by atoms with E-state index in [0.29, 0.717) is 17.7 Å². The third-order valence-electron chi connectivity index (χ3n) is 2.05. The fourth-order valence-corrected chi connectivity index (χ4v) is 1.37. The van der Waals surface area contributed by atoms with Gasteiger partial charge in [-0.05, 0) is 31.1 Å². The van der Waals surface area contributed by atoms with Gasteiger partial charge in [0, 0.05) is 5.56 Å². The first-order valence-electron chi connectivity index (χ1n) is 3.77. The summed E-state index contributed by atoms with van der Waals surface area (Å²) in [5.74, 6) is -0.317. The van der Waals surface area contributed by atoms with E-state index in [9.17, 15) is 9.18 Å². The Kier molecular flexibility index (Phi) is 1.40. The van der Waals surface area contributed by atoms with Crippen molar-refractivity contribution in [2.24, 2.45) is 0 Å². The van der Waals surface area contributed by atoms with E-state index >= 15 is 0 Å². The summed E-state index contributed by atoms with van der Waals surface area (Å²) in [6.45, 7) is 1.72. The highest BCUT2D eigenvalue weighted by Gasteiger charge is 2.15. The number of pyridine rings is 1. The maximum absolute atomic E-state index is 12.9. The van der Waals surface area contributed by atoms with E-state index in [1.165, 1.54) is 6.08 Å². The Balaban J connectivity index is 2.71. The summed E-state index contributed by atoms with van der Waals surface area (Å²) in [4.78, 5) is 13.6. The van der Waals surface area contributed by atoms with E-state index in [0.717, 1.165) is 5.56 Å². The molecule has 0 saturated heterocycles. The molecule has 1 aromatic rings. The van der Waals surface area contributed by atoms with Crippen LogP contribution < -0.4 is 5.56 Å². The molecule has 0 aromatic carbocycles. The number of halogens is 1. The Morgan fingerprint density at radius 1 is 1.58 bits per heavy atom. The van der Waals surface area contributed by atoms with Crippen molar-refractivity contribution in [3.63, 3.8) is 0 Å². The molecule has 1 N–H and O–H groups in total. The molecule has 1 aliphatic carbocycles. The normalized spacial score (nSPS) is 14.3. The molecule has 62 valence electrons. The molecule has 0 amide bonds. The summed E-state index contributed by atoms with van der Waals surface area (Å²) in [6, 6.07) is 1.73. The number of H-pyrrole nitrogens is 1. The first kappa shape index (κ1) is 7.28. The summed E-state index contributed by atoms with van der Waals surface area (Å²) in [6.07, 6.45) is 2.05. The van der Waals surface area contributed by atoms with E-state index in [1.807, 2.05) is 0 Å². The summed E-state index contributed by atoms with van der Waals surface area (Å²) in [7, 11) is 0. The monoisotopic (exact) mass is 165 g/mol. The Hall–Kier alpha value is -1.38. The predicted octanol–water partition coefficient (Wildman–Crippen LogP) is 1.55. The molecule has 0 atom stereocenters. The van der Waals surface area contributed by atoms with Crippen LogP contribution in [0.4, 0.5) is 4.39 Å². The minimum atomic E-state index is -0.317. The quantitative estimate of drug-likeness (QED) is 0.621. The van der Waals surface area contributed by atoms with Crippen LogP contribution in [0.15, 0.2) is 16.9 Å². The zero-order valence-corrected chi connectivity index (χ0v) is 6.65. The first-order chi connectivity index (χ1) is 5.68. The minimum Gasteiger partial charge on any atom is -0.320 e. The zero-order chi connectivity index (χ0) is 8.72. The molecule has 0 spiro atoms. The lowest BCUT2D eigenvalue weighted by molar-refractivity contribution is 0.754. The van der Waals surface area contributed by atoms with Crippen molar-refractivity contribution < 1.29 is 4.39 Å². The van der Waals surface area contributed by atoms with Crippen LogP contribution in [-0.2, 0) is 6.42 Å². The van der Waals surface area contributed by atoms with Crippen molar-refractivity contribution in [3.8, 4) is 0 Å². The summed E-state index contributed by atoms with van der Waals surface area (Å²) in [5, 5.41) is 0. The molecule has 0 saturated carbocycles. The molecule has 0 aliphatic heterocycles. The highest BCUT2D eigenvalue weighted by molar-refractivity contribution is 5.64. The van der Waals surface area contributed by atoms with Crippen molar-refractivity contribution in [1.29, 1.82) is 0 Å². The molecule has 1 heterocycles. The second-order valence-electron chi connectivity index (χ2n) is 2.94. The Bertz CT molecular complexity index is 417. The van der Waals surface area contributed by atoms with Crippen LogP contribution in [0.1, 0.15) is 16.8 Å². The molecule has 3 heteroatoms. The molecule has 2 rings (SSSR count). The van der Waals surface area contributed by atoms with E-state index in [4.69, 9.17) is 0 Å². The fraction of sp³-hybridized carbons (Fsp3) is 0.222. The summed E-state index contributed by atoms with van der Waals surface area (Å²) >= 11 is 0. The number of aromatic amines is 1. The smallest absolute Gasteiger partial charge is 0.251 e. The van der Waals surface area contributed by atoms with Gasteiger partial charge in [-0.1, -0.05) is 0 Å². The van der Waals surface area contributed by atoms with Gasteiger partial charge in [-0.2, -0.15) is 0 Å². The average Bonchev–Trinajstić information content (AvgIpc) is 2.35. The number of hydrogen-bond donors (Lipinski definition) is 1. The number of rotatable bonds is 0. The van der Waals surface area contributed by atoms with Crippen molar-refractivity contribution in [2.75, 3.05) is 0 Å². The standard InChI is InChI=1S/C9H8FNO/c1-5-4-6-2-3-7(10)8(6)11-9(5)12/h3-4H,2H2,1H3,(H,11,12). The number of allylic oxidation sites excluding steroid dienone is 1. The van der Waals surface area contributed by atoms with Crippen LogP contribution in [0.3, 0.4) is 0 Å². The van der Waals surface area contributed by atoms with Gasteiger partial charge in [0.1, 0.15) is 5.83 Å². The number of aryl methyl sites for hydroxylation is 1. The van der Waals surface area contributed by atoms with Gasteiger partial charge >= 0.3 is 0 Å². The molecule has 1 aromatic heterocycles. The fourth-order valence-electron chi connectivity index (χ4n) is 1.37. The van der Waals surface area contributed by atoms with Gasteiger partial charge in [0.05, 0.1) is 5.69 Å². The molecule has 2 nitrogen and oxygen atoms in total. The largest absolute Gasteiger partial charge is 0.320 e. The molecule has 0 radical (unpaired) electrons. The van der Waals surface area contributed by atoms with Crippen LogP contribution in [0.5, 0.6) is 0 Å². The first-order valence-corrected chi connectivity index (χ1v) is 3.77. The van der Waals surface area contributed by atoms with Crippen LogP contribution >= 0.6 is 0 Å². The van der Waals surface area contributed by atoms with E-state index < -0.39 is 0 Å². The topological polar surface area (TPSA) is 32.9 Å². The lowest BCUT2D eigenvalue weighted by atomic mass is 10.1. The minimum absolute atomic E-state index is 0.209. The van der Waals surface area contributed by atoms with Crippen LogP contribution in [0, 0.1) is 6.92 Å². The Morgan fingerprint density at radius 3 is 3.08 bits per heavy atom. The van der Waals surface area contributed by atoms with Gasteiger partial charge in [-0.3, -0.25) is 4.79 Å². The molecule has 1 aliphatic rings. The van der Waals surface area contributed by atoms with Gasteiger partial charge in [-0.15, -0.1) is 0 Å². The Labute approximate surface area is 68.7 Å². The van der Waals surface area contributed by atoms with Crippen LogP contribution in [0.25, 0.3) is 5.83 Å². The molecule has 0 fully saturated rings. The maximum Gasteiger partial charge on any atom is 0.251 e. The second kappa shape index (κ2) is 2.30. The van der Waals surface area contributed by atoms with Crippen LogP contribution in [-0.4, -0.2) is 4.98 Å². The van der Waals surface area contributed by atoms with Crippen molar-refractivity contribution in [3.05, 3.63) is 39.3 Å². The maximum atomic E-state index is 12.9. The highest BCUT2D eigenvalue weighted by atomic mass is 19.1. The van der Waals surface area contributed by atoms with Gasteiger partial charge in [0.25, 0.3) is 5.56 Å². The molecule has 0 unspecified atom stereocenters. The zero-order valence-electron chi connectivity index (χ0n) is 6.65. The van der Waals surface area contributed by atoms with Crippen molar-refractivity contribution in [1.82, 2.24) is 4.98 Å². The summed E-state index contributed by atoms with van der Waals surface area (Å²) in [5.41, 5.74) is 1.64. The number of nitrogens with one attached hydrogen (secondary N) is 1. The Morgan fingerprint density at radius 2 is 2.33 bits per heavy atom. The van der Waals surface area contributed by atoms with Crippen molar-refractivity contribution >= 4 is 5.83 Å². The van der Waals surface area contributed by atoms with Gasteiger partial charge < -0.3 is 4.98 Å². The van der Waals surface area contributed by atoms with E-state index in [2.05, 4.69) is 4.98 Å².